The minimum atomic E-state index is -3.75. The monoisotopic (exact) mass is 379 g/mol. The van der Waals surface area contributed by atoms with Gasteiger partial charge in [0.1, 0.15) is 5.82 Å². The normalized spacial score (nSPS) is 26.5. The number of rotatable bonds is 3. The Morgan fingerprint density at radius 2 is 1.96 bits per heavy atom. The van der Waals surface area contributed by atoms with Gasteiger partial charge in [0.2, 0.25) is 10.0 Å². The fourth-order valence-corrected chi connectivity index (χ4v) is 6.24. The summed E-state index contributed by atoms with van der Waals surface area (Å²) in [5, 5.41) is 8.94. The van der Waals surface area contributed by atoms with Crippen LogP contribution in [0.3, 0.4) is 0 Å². The average molecular weight is 379 g/mol. The smallest absolute Gasteiger partial charge is 0.243 e. The molecule has 2 heterocycles. The summed E-state index contributed by atoms with van der Waals surface area (Å²) in [4.78, 5) is 2.33. The summed E-state index contributed by atoms with van der Waals surface area (Å²) in [7, 11) is -3.75. The maximum atomic E-state index is 13.6. The molecular weight excluding hydrogens is 357 g/mol. The topological polar surface area (TPSA) is 73.6 Å². The van der Waals surface area contributed by atoms with E-state index < -0.39 is 15.8 Å². The average Bonchev–Trinajstić information content (AvgIpc) is 3.06. The van der Waals surface area contributed by atoms with E-state index in [1.54, 1.807) is 0 Å². The van der Waals surface area contributed by atoms with Gasteiger partial charge in [0.25, 0.3) is 0 Å². The minimum absolute atomic E-state index is 0.0204. The van der Waals surface area contributed by atoms with Crippen LogP contribution >= 0.6 is 0 Å². The van der Waals surface area contributed by atoms with Gasteiger partial charge in [-0.05, 0) is 42.9 Å². The van der Waals surface area contributed by atoms with Crippen LogP contribution in [0.5, 0.6) is 0 Å². The van der Waals surface area contributed by atoms with E-state index in [4.69, 9.17) is 10.00 Å². The molecule has 1 atom stereocenters. The number of benzene rings is 1. The largest absolute Gasteiger partial charge is 0.379 e. The van der Waals surface area contributed by atoms with E-state index in [-0.39, 0.29) is 15.9 Å². The Balaban J connectivity index is 1.44. The molecule has 0 amide bonds. The molecule has 3 fully saturated rings. The molecule has 0 radical (unpaired) electrons. The van der Waals surface area contributed by atoms with Gasteiger partial charge in [0.15, 0.2) is 0 Å². The third-order valence-corrected chi connectivity index (χ3v) is 7.67. The molecule has 0 unspecified atom stereocenters. The predicted molar refractivity (Wildman–Crippen MR) is 92.3 cm³/mol. The van der Waals surface area contributed by atoms with Crippen molar-refractivity contribution in [3.8, 4) is 6.07 Å². The van der Waals surface area contributed by atoms with E-state index in [1.807, 2.05) is 6.07 Å². The third-order valence-electron chi connectivity index (χ3n) is 5.90. The van der Waals surface area contributed by atoms with Crippen molar-refractivity contribution in [2.24, 2.45) is 5.41 Å². The van der Waals surface area contributed by atoms with E-state index in [1.165, 1.54) is 10.4 Å². The first-order valence-corrected chi connectivity index (χ1v) is 10.4. The van der Waals surface area contributed by atoms with Crippen LogP contribution in [-0.2, 0) is 14.8 Å². The van der Waals surface area contributed by atoms with Gasteiger partial charge in [-0.15, -0.1) is 0 Å². The Hall–Kier alpha value is -1.53. The highest BCUT2D eigenvalue weighted by Gasteiger charge is 2.52. The second kappa shape index (κ2) is 6.57. The number of morpholine rings is 1. The van der Waals surface area contributed by atoms with Crippen LogP contribution in [-0.4, -0.2) is 63.1 Å². The van der Waals surface area contributed by atoms with E-state index in [0.717, 1.165) is 57.7 Å². The fraction of sp³-hybridized carbons (Fsp3) is 0.611. The van der Waals surface area contributed by atoms with Crippen LogP contribution in [0.1, 0.15) is 24.8 Å². The van der Waals surface area contributed by atoms with Crippen LogP contribution < -0.4 is 0 Å². The van der Waals surface area contributed by atoms with Gasteiger partial charge in [0.05, 0.1) is 29.7 Å². The molecule has 1 aliphatic carbocycles. The van der Waals surface area contributed by atoms with Crippen LogP contribution in [0.2, 0.25) is 0 Å². The molecule has 1 aromatic carbocycles. The van der Waals surface area contributed by atoms with Gasteiger partial charge >= 0.3 is 0 Å². The van der Waals surface area contributed by atoms with E-state index in [0.29, 0.717) is 19.1 Å². The summed E-state index contributed by atoms with van der Waals surface area (Å²) in [5.41, 5.74) is 0.0635. The standard InChI is InChI=1S/C18H22FN3O3S/c19-15-7-14(11-20)8-17(9-15)26(23,24)22-12-18(13-22)2-1-16(10-18)21-3-5-25-6-4-21/h7-9,16H,1-6,10,12-13H2/t16-/m1/s1. The zero-order chi connectivity index (χ0) is 18.4. The summed E-state index contributed by atoms with van der Waals surface area (Å²) >= 11 is 0. The van der Waals surface area contributed by atoms with Crippen molar-refractivity contribution in [3.63, 3.8) is 0 Å². The second-order valence-corrected chi connectivity index (χ2v) is 9.54. The number of nitriles is 1. The van der Waals surface area contributed by atoms with E-state index in [2.05, 4.69) is 4.90 Å². The highest BCUT2D eigenvalue weighted by molar-refractivity contribution is 7.89. The molecule has 0 N–H and O–H groups in total. The van der Waals surface area contributed by atoms with Crippen molar-refractivity contribution in [3.05, 3.63) is 29.6 Å². The summed E-state index contributed by atoms with van der Waals surface area (Å²) in [6.45, 7) is 4.39. The van der Waals surface area contributed by atoms with Crippen molar-refractivity contribution < 1.29 is 17.5 Å². The molecule has 3 aliphatic rings. The third kappa shape index (κ3) is 3.14. The lowest BCUT2D eigenvalue weighted by molar-refractivity contribution is 0.00815. The Kier molecular flexibility index (Phi) is 4.51. The van der Waals surface area contributed by atoms with Gasteiger partial charge in [-0.1, -0.05) is 0 Å². The summed E-state index contributed by atoms with van der Waals surface area (Å²) in [6.07, 6.45) is 3.12. The van der Waals surface area contributed by atoms with Gasteiger partial charge in [-0.2, -0.15) is 9.57 Å². The van der Waals surface area contributed by atoms with Crippen molar-refractivity contribution in [1.82, 2.24) is 9.21 Å². The van der Waals surface area contributed by atoms with Crippen LogP contribution in [0.25, 0.3) is 0 Å². The molecule has 1 saturated carbocycles. The second-order valence-electron chi connectivity index (χ2n) is 7.61. The molecular formula is C18H22FN3O3S. The van der Waals surface area contributed by atoms with Crippen molar-refractivity contribution >= 4 is 10.0 Å². The molecule has 1 spiro atoms. The summed E-state index contributed by atoms with van der Waals surface area (Å²) < 4.78 is 46.0. The molecule has 0 aromatic heterocycles. The Morgan fingerprint density at radius 3 is 2.65 bits per heavy atom. The predicted octanol–water partition coefficient (Wildman–Crippen LogP) is 1.57. The summed E-state index contributed by atoms with van der Waals surface area (Å²) in [6, 6.07) is 5.59. The van der Waals surface area contributed by atoms with Crippen LogP contribution in [0.4, 0.5) is 4.39 Å². The molecule has 26 heavy (non-hydrogen) atoms. The van der Waals surface area contributed by atoms with Crippen molar-refractivity contribution in [2.75, 3.05) is 39.4 Å². The highest BCUT2D eigenvalue weighted by Crippen LogP contribution is 2.48. The lowest BCUT2D eigenvalue weighted by atomic mass is 9.80. The van der Waals surface area contributed by atoms with Gasteiger partial charge in [-0.3, -0.25) is 4.90 Å². The van der Waals surface area contributed by atoms with Gasteiger partial charge in [-0.25, -0.2) is 12.8 Å². The molecule has 1 aromatic rings. The molecule has 2 saturated heterocycles. The number of hydrogen-bond donors (Lipinski definition) is 0. The molecule has 0 bridgehead atoms. The van der Waals surface area contributed by atoms with E-state index >= 15 is 0 Å². The van der Waals surface area contributed by atoms with E-state index in [9.17, 15) is 12.8 Å². The van der Waals surface area contributed by atoms with Crippen LogP contribution in [0, 0.1) is 22.6 Å². The first kappa shape index (κ1) is 17.9. The Bertz CT molecular complexity index is 840. The number of hydrogen-bond acceptors (Lipinski definition) is 5. The molecule has 6 nitrogen and oxygen atoms in total. The van der Waals surface area contributed by atoms with Crippen molar-refractivity contribution in [2.45, 2.75) is 30.2 Å². The number of halogens is 1. The molecule has 4 rings (SSSR count). The quantitative estimate of drug-likeness (QED) is 0.797. The Labute approximate surface area is 153 Å². The zero-order valence-corrected chi connectivity index (χ0v) is 15.3. The number of ether oxygens (including phenoxy) is 1. The molecule has 2 aliphatic heterocycles. The number of nitrogens with zero attached hydrogens (tertiary/aromatic N) is 3. The van der Waals surface area contributed by atoms with Crippen LogP contribution in [0.15, 0.2) is 23.1 Å². The van der Waals surface area contributed by atoms with Gasteiger partial charge < -0.3 is 4.74 Å². The fourth-order valence-electron chi connectivity index (χ4n) is 4.52. The molecule has 8 heteroatoms. The number of sulfonamides is 1. The molecule has 140 valence electrons. The minimum Gasteiger partial charge on any atom is -0.379 e. The Morgan fingerprint density at radius 1 is 1.23 bits per heavy atom. The van der Waals surface area contributed by atoms with Gasteiger partial charge in [0, 0.05) is 32.2 Å². The summed E-state index contributed by atoms with van der Waals surface area (Å²) in [5.74, 6) is -0.703. The highest BCUT2D eigenvalue weighted by atomic mass is 32.2. The maximum Gasteiger partial charge on any atom is 0.243 e. The first-order valence-electron chi connectivity index (χ1n) is 8.95. The van der Waals surface area contributed by atoms with Crippen molar-refractivity contribution in [1.29, 1.82) is 5.26 Å². The first-order chi connectivity index (χ1) is 12.4. The maximum absolute atomic E-state index is 13.6. The SMILES string of the molecule is N#Cc1cc(F)cc(S(=O)(=O)N2CC3(CC[C@@H](N4CCOCC4)C3)C2)c1. The zero-order valence-electron chi connectivity index (χ0n) is 14.5. The lowest BCUT2D eigenvalue weighted by Crippen LogP contribution is -2.57. The lowest BCUT2D eigenvalue weighted by Gasteiger charge is -2.47.